The molecule has 0 aromatic rings. The van der Waals surface area contributed by atoms with Crippen molar-refractivity contribution in [3.05, 3.63) is 0 Å². The van der Waals surface area contributed by atoms with Crippen molar-refractivity contribution in [3.63, 3.8) is 0 Å². The van der Waals surface area contributed by atoms with Crippen molar-refractivity contribution >= 4 is 0 Å². The van der Waals surface area contributed by atoms with Gasteiger partial charge in [-0.2, -0.15) is 0 Å². The summed E-state index contributed by atoms with van der Waals surface area (Å²) in [6, 6.07) is 0.955. The molecule has 0 heterocycles. The van der Waals surface area contributed by atoms with Gasteiger partial charge in [-0.3, -0.25) is 0 Å². The molecule has 0 aliphatic heterocycles. The fourth-order valence-electron chi connectivity index (χ4n) is 3.36. The second-order valence-corrected chi connectivity index (χ2v) is 6.04. The van der Waals surface area contributed by atoms with Gasteiger partial charge in [-0.15, -0.1) is 0 Å². The Labute approximate surface area is 95.2 Å². The van der Waals surface area contributed by atoms with E-state index in [1.807, 2.05) is 0 Å². The van der Waals surface area contributed by atoms with E-state index in [4.69, 9.17) is 5.73 Å². The molecule has 0 amide bonds. The van der Waals surface area contributed by atoms with Gasteiger partial charge in [-0.05, 0) is 37.6 Å². The third-order valence-electron chi connectivity index (χ3n) is 3.63. The second kappa shape index (κ2) is 5.31. The molecule has 90 valence electrons. The first-order chi connectivity index (χ1) is 6.91. The van der Waals surface area contributed by atoms with E-state index >= 15 is 0 Å². The molecule has 0 aromatic carbocycles. The zero-order chi connectivity index (χ0) is 11.6. The van der Waals surface area contributed by atoms with E-state index in [0.29, 0.717) is 12.1 Å². The van der Waals surface area contributed by atoms with Crippen LogP contribution in [0.15, 0.2) is 0 Å². The molecular weight excluding hydrogens is 184 g/mol. The molecule has 1 rings (SSSR count). The van der Waals surface area contributed by atoms with Gasteiger partial charge in [0.15, 0.2) is 0 Å². The fourth-order valence-corrected chi connectivity index (χ4v) is 3.36. The minimum Gasteiger partial charge on any atom is -0.326 e. The first kappa shape index (κ1) is 13.0. The van der Waals surface area contributed by atoms with Gasteiger partial charge in [-0.1, -0.05) is 27.7 Å². The molecule has 2 heteroatoms. The summed E-state index contributed by atoms with van der Waals surface area (Å²) >= 11 is 0. The number of nitrogens with two attached hydrogens (primary N) is 1. The van der Waals surface area contributed by atoms with Crippen molar-refractivity contribution in [1.82, 2.24) is 4.90 Å². The summed E-state index contributed by atoms with van der Waals surface area (Å²) < 4.78 is 0. The topological polar surface area (TPSA) is 29.3 Å². The van der Waals surface area contributed by atoms with Gasteiger partial charge in [0.2, 0.25) is 0 Å². The highest BCUT2D eigenvalue weighted by atomic mass is 15.2. The fraction of sp³-hybridized carbons (Fsp3) is 1.00. The molecule has 4 atom stereocenters. The number of likely N-dealkylation sites (N-methyl/N-ethyl adjacent to an activating group) is 1. The maximum Gasteiger partial charge on any atom is 0.0270 e. The third kappa shape index (κ3) is 3.46. The van der Waals surface area contributed by atoms with Crippen LogP contribution in [0.3, 0.4) is 0 Å². The molecule has 4 unspecified atom stereocenters. The summed E-state index contributed by atoms with van der Waals surface area (Å²) in [4.78, 5) is 2.48. The van der Waals surface area contributed by atoms with Gasteiger partial charge in [0.05, 0.1) is 0 Å². The monoisotopic (exact) mass is 212 g/mol. The number of hydrogen-bond acceptors (Lipinski definition) is 2. The lowest BCUT2D eigenvalue weighted by Gasteiger charge is -2.43. The van der Waals surface area contributed by atoms with Crippen LogP contribution in [0.4, 0.5) is 0 Å². The summed E-state index contributed by atoms with van der Waals surface area (Å²) in [5.41, 5.74) is 6.29. The van der Waals surface area contributed by atoms with Crippen LogP contribution in [0, 0.1) is 17.8 Å². The predicted molar refractivity (Wildman–Crippen MR) is 66.8 cm³/mol. The summed E-state index contributed by atoms with van der Waals surface area (Å²) in [5, 5.41) is 0. The molecule has 0 spiro atoms. The second-order valence-electron chi connectivity index (χ2n) is 6.04. The molecule has 1 aliphatic rings. The van der Waals surface area contributed by atoms with Crippen molar-refractivity contribution in [1.29, 1.82) is 0 Å². The summed E-state index contributed by atoms with van der Waals surface area (Å²) in [7, 11) is 2.23. The van der Waals surface area contributed by atoms with Crippen molar-refractivity contribution in [3.8, 4) is 0 Å². The van der Waals surface area contributed by atoms with Gasteiger partial charge in [-0.25, -0.2) is 0 Å². The average molecular weight is 212 g/mol. The molecule has 1 fully saturated rings. The van der Waals surface area contributed by atoms with Crippen LogP contribution in [0.2, 0.25) is 0 Å². The Kier molecular flexibility index (Phi) is 4.60. The summed E-state index contributed by atoms with van der Waals surface area (Å²) in [6.45, 7) is 10.4. The smallest absolute Gasteiger partial charge is 0.0270 e. The van der Waals surface area contributed by atoms with E-state index in [2.05, 4.69) is 39.6 Å². The largest absolute Gasteiger partial charge is 0.326 e. The first-order valence-corrected chi connectivity index (χ1v) is 6.37. The maximum atomic E-state index is 6.29. The summed E-state index contributed by atoms with van der Waals surface area (Å²) in [5.74, 6) is 2.28. The zero-order valence-corrected chi connectivity index (χ0v) is 11.0. The lowest BCUT2D eigenvalue weighted by molar-refractivity contribution is 0.0876. The van der Waals surface area contributed by atoms with E-state index in [1.54, 1.807) is 0 Å². The molecule has 2 N–H and O–H groups in total. The summed E-state index contributed by atoms with van der Waals surface area (Å²) in [6.07, 6.45) is 2.53. The normalized spacial score (nSPS) is 37.6. The molecule has 15 heavy (non-hydrogen) atoms. The maximum absolute atomic E-state index is 6.29. The van der Waals surface area contributed by atoms with E-state index < -0.39 is 0 Å². The van der Waals surface area contributed by atoms with Crippen molar-refractivity contribution in [2.24, 2.45) is 23.5 Å². The Morgan fingerprint density at radius 1 is 1.27 bits per heavy atom. The minimum atomic E-state index is 0.368. The Bertz CT molecular complexity index is 179. The minimum absolute atomic E-state index is 0.368. The predicted octanol–water partition coefficient (Wildman–Crippen LogP) is 2.34. The number of rotatable bonds is 3. The van der Waals surface area contributed by atoms with Crippen molar-refractivity contribution < 1.29 is 0 Å². The van der Waals surface area contributed by atoms with E-state index in [1.165, 1.54) is 12.8 Å². The molecular formula is C13H28N2. The van der Waals surface area contributed by atoms with E-state index in [0.717, 1.165) is 24.3 Å². The number of hydrogen-bond donors (Lipinski definition) is 1. The van der Waals surface area contributed by atoms with Gasteiger partial charge in [0.25, 0.3) is 0 Å². The van der Waals surface area contributed by atoms with Gasteiger partial charge in [0, 0.05) is 18.6 Å². The molecule has 0 aromatic heterocycles. The van der Waals surface area contributed by atoms with E-state index in [-0.39, 0.29) is 0 Å². The van der Waals surface area contributed by atoms with Crippen LogP contribution in [-0.4, -0.2) is 30.6 Å². The Hall–Kier alpha value is -0.0800. The lowest BCUT2D eigenvalue weighted by atomic mass is 9.76. The van der Waals surface area contributed by atoms with Crippen LogP contribution < -0.4 is 5.73 Å². The van der Waals surface area contributed by atoms with Crippen LogP contribution in [0.1, 0.15) is 40.5 Å². The van der Waals surface area contributed by atoms with Crippen LogP contribution >= 0.6 is 0 Å². The van der Waals surface area contributed by atoms with E-state index in [9.17, 15) is 0 Å². The highest BCUT2D eigenvalue weighted by molar-refractivity contribution is 4.91. The number of nitrogens with zero attached hydrogens (tertiary/aromatic N) is 1. The molecule has 0 bridgehead atoms. The third-order valence-corrected chi connectivity index (χ3v) is 3.63. The van der Waals surface area contributed by atoms with Crippen LogP contribution in [0.25, 0.3) is 0 Å². The Morgan fingerprint density at radius 3 is 2.33 bits per heavy atom. The highest BCUT2D eigenvalue weighted by Gasteiger charge is 2.34. The van der Waals surface area contributed by atoms with Crippen LogP contribution in [-0.2, 0) is 0 Å². The highest BCUT2D eigenvalue weighted by Crippen LogP contribution is 2.31. The lowest BCUT2D eigenvalue weighted by Crippen LogP contribution is -2.54. The quantitative estimate of drug-likeness (QED) is 0.778. The van der Waals surface area contributed by atoms with Gasteiger partial charge >= 0.3 is 0 Å². The van der Waals surface area contributed by atoms with Crippen molar-refractivity contribution in [2.75, 3.05) is 13.6 Å². The van der Waals surface area contributed by atoms with Gasteiger partial charge in [0.1, 0.15) is 0 Å². The average Bonchev–Trinajstić information content (AvgIpc) is 1.99. The molecule has 0 saturated heterocycles. The Balaban J connectivity index is 2.58. The Morgan fingerprint density at radius 2 is 1.87 bits per heavy atom. The zero-order valence-electron chi connectivity index (χ0n) is 11.0. The standard InChI is InChI=1S/C13H28N2/c1-9(2)8-15(5)13-11(4)6-10(3)7-12(13)14/h9-13H,6-8,14H2,1-5H3. The van der Waals surface area contributed by atoms with Crippen molar-refractivity contribution in [2.45, 2.75) is 52.6 Å². The first-order valence-electron chi connectivity index (χ1n) is 6.37. The van der Waals surface area contributed by atoms with Crippen LogP contribution in [0.5, 0.6) is 0 Å². The SMILES string of the molecule is CC(C)CN(C)C1C(C)CC(C)CC1N. The molecule has 0 radical (unpaired) electrons. The van der Waals surface area contributed by atoms with Gasteiger partial charge < -0.3 is 10.6 Å². The molecule has 2 nitrogen and oxygen atoms in total. The molecule has 1 aliphatic carbocycles. The molecule has 1 saturated carbocycles.